The summed E-state index contributed by atoms with van der Waals surface area (Å²) in [5.41, 5.74) is 6.12. The minimum Gasteiger partial charge on any atom is -0.383 e. The van der Waals surface area contributed by atoms with E-state index < -0.39 is 7.52 Å². The highest BCUT2D eigenvalue weighted by Gasteiger charge is 2.23. The molecule has 4 rings (SSSR count). The molecule has 1 unspecified atom stereocenters. The molecule has 1 aliphatic heterocycles. The topological polar surface area (TPSA) is 132 Å². The van der Waals surface area contributed by atoms with Gasteiger partial charge in [-0.15, -0.1) is 0 Å². The van der Waals surface area contributed by atoms with Crippen LogP contribution in [0.1, 0.15) is 103 Å². The average Bonchev–Trinajstić information content (AvgIpc) is 3.01. The fourth-order valence-electron chi connectivity index (χ4n) is 7.26. The molecule has 1 aromatic rings. The van der Waals surface area contributed by atoms with Crippen LogP contribution in [0, 0.1) is 17.8 Å². The summed E-state index contributed by atoms with van der Waals surface area (Å²) in [5.74, 6) is 4.47. The van der Waals surface area contributed by atoms with Gasteiger partial charge in [0.2, 0.25) is 5.95 Å². The maximum Gasteiger partial charge on any atom is 0.268 e. The van der Waals surface area contributed by atoms with E-state index in [1.165, 1.54) is 96.3 Å². The Kier molecular flexibility index (Phi) is 14.8. The van der Waals surface area contributed by atoms with Crippen molar-refractivity contribution in [2.75, 3.05) is 75.0 Å². The number of unbranched alkanes of at least 4 members (excludes halogenated alkanes) is 3. The van der Waals surface area contributed by atoms with Gasteiger partial charge < -0.3 is 26.2 Å². The monoisotopic (exact) mass is 620 g/mol. The van der Waals surface area contributed by atoms with Gasteiger partial charge in [0.15, 0.2) is 0 Å². The maximum absolute atomic E-state index is 12.1. The molecule has 6 N–H and O–H groups in total. The summed E-state index contributed by atoms with van der Waals surface area (Å²) in [6, 6.07) is 1.79. The molecule has 2 heterocycles. The van der Waals surface area contributed by atoms with Crippen molar-refractivity contribution in [1.29, 1.82) is 0 Å². The predicted octanol–water partition coefficient (Wildman–Crippen LogP) is 5.98. The molecule has 3 aliphatic rings. The first kappa shape index (κ1) is 34.4. The van der Waals surface area contributed by atoms with E-state index in [1.807, 2.05) is 6.92 Å². The van der Waals surface area contributed by atoms with Crippen LogP contribution in [-0.2, 0) is 4.57 Å². The van der Waals surface area contributed by atoms with Crippen molar-refractivity contribution in [3.8, 4) is 0 Å². The van der Waals surface area contributed by atoms with E-state index in [2.05, 4.69) is 35.5 Å². The van der Waals surface area contributed by atoms with Crippen molar-refractivity contribution in [3.05, 3.63) is 6.07 Å². The standard InChI is InChI=1S/C32H61N8O2P/c1-2-36-43(41,42)23-22-39-18-20-40(21-19-39)26-35-31-24-30(33)37-32(38-31)34-25-29-16-14-28(15-17-29)13-7-4-3-6-10-27-11-8-5-9-12-27/h24,27-29H,2-23,25-26H2,1H3,(H2,36,41,42)(H4,33,34,35,37,38). The zero-order chi connectivity index (χ0) is 30.3. The summed E-state index contributed by atoms with van der Waals surface area (Å²) in [5, 5.41) is 9.59. The summed E-state index contributed by atoms with van der Waals surface area (Å²) in [6.45, 7) is 8.17. The minimum atomic E-state index is -3.22. The number of piperazine rings is 1. The Morgan fingerprint density at radius 3 is 2.16 bits per heavy atom. The predicted molar refractivity (Wildman–Crippen MR) is 180 cm³/mol. The van der Waals surface area contributed by atoms with Crippen LogP contribution >= 0.6 is 7.52 Å². The number of hydrogen-bond acceptors (Lipinski definition) is 8. The van der Waals surface area contributed by atoms with Crippen molar-refractivity contribution >= 4 is 25.1 Å². The fourth-order valence-corrected chi connectivity index (χ4v) is 8.46. The highest BCUT2D eigenvalue weighted by molar-refractivity contribution is 7.55. The number of anilines is 3. The van der Waals surface area contributed by atoms with Gasteiger partial charge in [-0.25, -0.2) is 5.09 Å². The van der Waals surface area contributed by atoms with Gasteiger partial charge in [-0.05, 0) is 30.6 Å². The van der Waals surface area contributed by atoms with Crippen LogP contribution in [0.5, 0.6) is 0 Å². The van der Waals surface area contributed by atoms with Crippen LogP contribution in [0.4, 0.5) is 17.6 Å². The zero-order valence-corrected chi connectivity index (χ0v) is 27.8. The van der Waals surface area contributed by atoms with Crippen LogP contribution in [0.25, 0.3) is 0 Å². The Labute approximate surface area is 261 Å². The van der Waals surface area contributed by atoms with Crippen molar-refractivity contribution in [2.45, 2.75) is 103 Å². The minimum absolute atomic E-state index is 0.289. The number of nitrogens with zero attached hydrogens (tertiary/aromatic N) is 4. The van der Waals surface area contributed by atoms with Gasteiger partial charge in [0.05, 0.1) is 12.8 Å². The second-order valence-corrected chi connectivity index (χ2v) is 15.7. The fraction of sp³-hybridized carbons (Fsp3) is 0.875. The lowest BCUT2D eigenvalue weighted by Crippen LogP contribution is -2.48. The van der Waals surface area contributed by atoms with E-state index in [0.29, 0.717) is 37.4 Å². The van der Waals surface area contributed by atoms with Crippen LogP contribution < -0.4 is 21.5 Å². The molecule has 0 amide bonds. The van der Waals surface area contributed by atoms with E-state index in [1.54, 1.807) is 6.07 Å². The van der Waals surface area contributed by atoms with E-state index in [4.69, 9.17) is 5.73 Å². The average molecular weight is 621 g/mol. The van der Waals surface area contributed by atoms with Gasteiger partial charge in [-0.1, -0.05) is 90.4 Å². The Hall–Kier alpha value is -1.45. The number of nitrogens with one attached hydrogen (secondary N) is 3. The molecule has 1 aromatic heterocycles. The third kappa shape index (κ3) is 13.2. The largest absolute Gasteiger partial charge is 0.383 e. The van der Waals surface area contributed by atoms with Gasteiger partial charge in [0.25, 0.3) is 7.52 Å². The number of nitrogens with two attached hydrogens (primary N) is 1. The molecule has 0 spiro atoms. The van der Waals surface area contributed by atoms with E-state index >= 15 is 0 Å². The first-order valence-corrected chi connectivity index (χ1v) is 19.4. The molecular weight excluding hydrogens is 559 g/mol. The molecular formula is C32H61N8O2P. The second kappa shape index (κ2) is 18.5. The van der Waals surface area contributed by atoms with Gasteiger partial charge in [-0.2, -0.15) is 9.97 Å². The summed E-state index contributed by atoms with van der Waals surface area (Å²) < 4.78 is 12.1. The second-order valence-electron chi connectivity index (χ2n) is 13.5. The molecule has 10 nitrogen and oxygen atoms in total. The Morgan fingerprint density at radius 1 is 0.860 bits per heavy atom. The maximum atomic E-state index is 12.1. The molecule has 11 heteroatoms. The Morgan fingerprint density at radius 2 is 1.49 bits per heavy atom. The lowest BCUT2D eigenvalue weighted by Gasteiger charge is -2.35. The number of rotatable bonds is 18. The third-order valence-corrected chi connectivity index (χ3v) is 11.7. The number of hydrogen-bond donors (Lipinski definition) is 5. The molecule has 2 aliphatic carbocycles. The lowest BCUT2D eigenvalue weighted by molar-refractivity contribution is 0.144. The smallest absolute Gasteiger partial charge is 0.268 e. The first-order chi connectivity index (χ1) is 20.9. The van der Waals surface area contributed by atoms with Gasteiger partial charge in [0, 0.05) is 51.9 Å². The van der Waals surface area contributed by atoms with Crippen LogP contribution in [-0.4, -0.2) is 83.3 Å². The van der Waals surface area contributed by atoms with Gasteiger partial charge >= 0.3 is 0 Å². The summed E-state index contributed by atoms with van der Waals surface area (Å²) in [4.78, 5) is 23.6. The summed E-state index contributed by atoms with van der Waals surface area (Å²) in [6.07, 6.45) is 21.7. The highest BCUT2D eigenvalue weighted by Crippen LogP contribution is 2.35. The Balaban J connectivity index is 1.06. The molecule has 0 radical (unpaired) electrons. The third-order valence-electron chi connectivity index (χ3n) is 10.0. The first-order valence-electron chi connectivity index (χ1n) is 17.5. The quantitative estimate of drug-likeness (QED) is 0.0987. The zero-order valence-electron chi connectivity index (χ0n) is 26.9. The molecule has 2 saturated carbocycles. The van der Waals surface area contributed by atoms with Gasteiger partial charge in [0.1, 0.15) is 11.6 Å². The highest BCUT2D eigenvalue weighted by atomic mass is 31.2. The molecule has 0 aromatic carbocycles. The van der Waals surface area contributed by atoms with E-state index in [0.717, 1.165) is 50.4 Å². The number of nitrogen functional groups attached to an aromatic ring is 1. The molecule has 3 fully saturated rings. The van der Waals surface area contributed by atoms with E-state index in [-0.39, 0.29) is 6.16 Å². The van der Waals surface area contributed by atoms with Crippen molar-refractivity contribution < 1.29 is 9.46 Å². The molecule has 246 valence electrons. The van der Waals surface area contributed by atoms with Crippen LogP contribution in [0.2, 0.25) is 0 Å². The summed E-state index contributed by atoms with van der Waals surface area (Å²) in [7, 11) is -3.22. The van der Waals surface area contributed by atoms with Crippen molar-refractivity contribution in [2.24, 2.45) is 17.8 Å². The summed E-state index contributed by atoms with van der Waals surface area (Å²) >= 11 is 0. The normalized spacial score (nSPS) is 24.0. The Bertz CT molecular complexity index is 963. The van der Waals surface area contributed by atoms with Crippen LogP contribution in [0.3, 0.4) is 0 Å². The molecule has 43 heavy (non-hydrogen) atoms. The molecule has 1 saturated heterocycles. The SMILES string of the molecule is CCNP(=O)(O)CCN1CCN(CNc2cc(N)nc(NCC3CCC(CCCCCCC4CCCCC4)CC3)n2)CC1. The molecule has 0 bridgehead atoms. The van der Waals surface area contributed by atoms with Crippen LogP contribution in [0.15, 0.2) is 6.07 Å². The van der Waals surface area contributed by atoms with Crippen molar-refractivity contribution in [1.82, 2.24) is 24.9 Å². The van der Waals surface area contributed by atoms with E-state index in [9.17, 15) is 9.46 Å². The molecule has 1 atom stereocenters. The van der Waals surface area contributed by atoms with Gasteiger partial charge in [-0.3, -0.25) is 9.46 Å². The van der Waals surface area contributed by atoms with Crippen molar-refractivity contribution in [3.63, 3.8) is 0 Å². The lowest BCUT2D eigenvalue weighted by atomic mass is 9.79. The number of aromatic nitrogens is 2.